The van der Waals surface area contributed by atoms with Crippen molar-refractivity contribution < 1.29 is 4.79 Å². The van der Waals surface area contributed by atoms with Gasteiger partial charge in [0.15, 0.2) is 0 Å². The van der Waals surface area contributed by atoms with Gasteiger partial charge in [0.05, 0.1) is 46.4 Å². The highest BCUT2D eigenvalue weighted by molar-refractivity contribution is 7.13. The lowest BCUT2D eigenvalue weighted by molar-refractivity contribution is -0.131. The van der Waals surface area contributed by atoms with Crippen LogP contribution in [0.25, 0.3) is 10.6 Å². The number of imidazole rings is 1. The normalized spacial score (nSPS) is 13.8. The molecule has 3 heterocycles. The SMILES string of the molecule is O=C(Cc1csc(-c2cccc(Cl)c2Cl)n1)N1CCc2nc[nH]c2C1. The molecule has 4 rings (SSSR count). The van der Waals surface area contributed by atoms with Crippen molar-refractivity contribution in [3.8, 4) is 10.6 Å². The second kappa shape index (κ2) is 6.78. The van der Waals surface area contributed by atoms with Gasteiger partial charge in [0.2, 0.25) is 5.91 Å². The number of rotatable bonds is 3. The summed E-state index contributed by atoms with van der Waals surface area (Å²) in [7, 11) is 0. The summed E-state index contributed by atoms with van der Waals surface area (Å²) >= 11 is 13.8. The molecule has 25 heavy (non-hydrogen) atoms. The number of nitrogens with one attached hydrogen (secondary N) is 1. The second-order valence-electron chi connectivity index (χ2n) is 5.82. The van der Waals surface area contributed by atoms with Gasteiger partial charge in [-0.15, -0.1) is 11.3 Å². The second-order valence-corrected chi connectivity index (χ2v) is 7.46. The zero-order valence-corrected chi connectivity index (χ0v) is 15.5. The first-order chi connectivity index (χ1) is 12.1. The van der Waals surface area contributed by atoms with Crippen molar-refractivity contribution in [2.24, 2.45) is 0 Å². The van der Waals surface area contributed by atoms with Gasteiger partial charge in [0, 0.05) is 23.9 Å². The highest BCUT2D eigenvalue weighted by Gasteiger charge is 2.23. The molecule has 1 aliphatic rings. The van der Waals surface area contributed by atoms with Crippen LogP contribution < -0.4 is 0 Å². The number of carbonyl (C=O) groups excluding carboxylic acids is 1. The van der Waals surface area contributed by atoms with Crippen LogP contribution in [0.5, 0.6) is 0 Å². The molecule has 3 aromatic rings. The molecule has 0 atom stereocenters. The maximum atomic E-state index is 12.6. The Balaban J connectivity index is 1.48. The van der Waals surface area contributed by atoms with E-state index < -0.39 is 0 Å². The van der Waals surface area contributed by atoms with Crippen molar-refractivity contribution in [1.82, 2.24) is 19.9 Å². The van der Waals surface area contributed by atoms with Crippen LogP contribution in [0.3, 0.4) is 0 Å². The molecule has 128 valence electrons. The van der Waals surface area contributed by atoms with Crippen LogP contribution in [0.15, 0.2) is 29.9 Å². The van der Waals surface area contributed by atoms with Gasteiger partial charge in [-0.25, -0.2) is 9.97 Å². The van der Waals surface area contributed by atoms with Gasteiger partial charge in [-0.05, 0) is 6.07 Å². The maximum absolute atomic E-state index is 12.6. The van der Waals surface area contributed by atoms with Crippen molar-refractivity contribution in [1.29, 1.82) is 0 Å². The van der Waals surface area contributed by atoms with E-state index in [1.54, 1.807) is 12.4 Å². The van der Waals surface area contributed by atoms with Crippen LogP contribution in [-0.4, -0.2) is 32.3 Å². The topological polar surface area (TPSA) is 61.9 Å². The van der Waals surface area contributed by atoms with E-state index in [-0.39, 0.29) is 12.3 Å². The molecule has 0 saturated heterocycles. The Kier molecular flexibility index (Phi) is 4.50. The summed E-state index contributed by atoms with van der Waals surface area (Å²) in [6, 6.07) is 5.46. The molecule has 2 aromatic heterocycles. The lowest BCUT2D eigenvalue weighted by atomic mass is 10.1. The summed E-state index contributed by atoms with van der Waals surface area (Å²) < 4.78 is 0. The van der Waals surface area contributed by atoms with Crippen LogP contribution in [-0.2, 0) is 24.2 Å². The van der Waals surface area contributed by atoms with Gasteiger partial charge in [0.1, 0.15) is 5.01 Å². The summed E-state index contributed by atoms with van der Waals surface area (Å²) in [5.41, 5.74) is 3.61. The van der Waals surface area contributed by atoms with Gasteiger partial charge < -0.3 is 9.88 Å². The molecule has 0 spiro atoms. The molecule has 1 amide bonds. The summed E-state index contributed by atoms with van der Waals surface area (Å²) in [5, 5.41) is 3.65. The largest absolute Gasteiger partial charge is 0.347 e. The molecule has 1 aliphatic heterocycles. The Labute approximate surface area is 158 Å². The number of hydrogen-bond donors (Lipinski definition) is 1. The number of aromatic nitrogens is 3. The lowest BCUT2D eigenvalue weighted by Crippen LogP contribution is -2.37. The third-order valence-corrected chi connectivity index (χ3v) is 5.94. The third kappa shape index (κ3) is 3.29. The van der Waals surface area contributed by atoms with Crippen LogP contribution in [0.1, 0.15) is 17.1 Å². The van der Waals surface area contributed by atoms with Crippen LogP contribution in [0.2, 0.25) is 10.0 Å². The number of fused-ring (bicyclic) bond motifs is 1. The van der Waals surface area contributed by atoms with Crippen LogP contribution in [0, 0.1) is 0 Å². The first-order valence-electron chi connectivity index (χ1n) is 7.79. The third-order valence-electron chi connectivity index (χ3n) is 4.19. The first kappa shape index (κ1) is 16.6. The number of amides is 1. The number of hydrogen-bond acceptors (Lipinski definition) is 4. The molecule has 1 N–H and O–H groups in total. The Morgan fingerprint density at radius 1 is 1.36 bits per heavy atom. The van der Waals surface area contributed by atoms with E-state index in [0.29, 0.717) is 23.1 Å². The van der Waals surface area contributed by atoms with E-state index >= 15 is 0 Å². The van der Waals surface area contributed by atoms with E-state index in [0.717, 1.165) is 34.1 Å². The standard InChI is InChI=1S/C17H14Cl2N4OS/c18-12-3-1-2-11(16(12)19)17-22-10(8-25-17)6-15(24)23-5-4-13-14(7-23)21-9-20-13/h1-3,8-9H,4-7H2,(H,20,21). The highest BCUT2D eigenvalue weighted by Crippen LogP contribution is 2.35. The monoisotopic (exact) mass is 392 g/mol. The quantitative estimate of drug-likeness (QED) is 0.733. The maximum Gasteiger partial charge on any atom is 0.228 e. The van der Waals surface area contributed by atoms with Crippen molar-refractivity contribution in [2.45, 2.75) is 19.4 Å². The van der Waals surface area contributed by atoms with E-state index in [4.69, 9.17) is 23.2 Å². The minimum absolute atomic E-state index is 0.0642. The number of halogens is 2. The smallest absolute Gasteiger partial charge is 0.228 e. The average Bonchev–Trinajstić information content (AvgIpc) is 3.25. The number of thiazole rings is 1. The van der Waals surface area contributed by atoms with Crippen molar-refractivity contribution in [3.05, 3.63) is 57.0 Å². The summed E-state index contributed by atoms with van der Waals surface area (Å²) in [5.74, 6) is 0.0642. The molecule has 1 aromatic carbocycles. The van der Waals surface area contributed by atoms with Gasteiger partial charge in [0.25, 0.3) is 0 Å². The van der Waals surface area contributed by atoms with E-state index in [1.807, 2.05) is 22.4 Å². The van der Waals surface area contributed by atoms with E-state index in [1.165, 1.54) is 11.3 Å². The predicted molar refractivity (Wildman–Crippen MR) is 99.0 cm³/mol. The molecule has 8 heteroatoms. The Morgan fingerprint density at radius 2 is 2.24 bits per heavy atom. The fourth-order valence-electron chi connectivity index (χ4n) is 2.87. The number of benzene rings is 1. The number of aromatic amines is 1. The number of H-pyrrole nitrogens is 1. The number of nitrogens with zero attached hydrogens (tertiary/aromatic N) is 3. The highest BCUT2D eigenvalue weighted by atomic mass is 35.5. The molecular formula is C17H14Cl2N4OS. The summed E-state index contributed by atoms with van der Waals surface area (Å²) in [4.78, 5) is 26.3. The molecule has 0 saturated carbocycles. The molecule has 0 fully saturated rings. The van der Waals surface area contributed by atoms with Gasteiger partial charge in [-0.3, -0.25) is 4.79 Å². The lowest BCUT2D eigenvalue weighted by Gasteiger charge is -2.26. The summed E-state index contributed by atoms with van der Waals surface area (Å²) in [6.07, 6.45) is 2.74. The fourth-order valence-corrected chi connectivity index (χ4v) is 4.17. The van der Waals surface area contributed by atoms with Gasteiger partial charge in [-0.1, -0.05) is 35.3 Å². The predicted octanol–water partition coefficient (Wildman–Crippen LogP) is 3.97. The van der Waals surface area contributed by atoms with Crippen molar-refractivity contribution in [2.75, 3.05) is 6.54 Å². The molecule has 5 nitrogen and oxygen atoms in total. The Morgan fingerprint density at radius 3 is 3.12 bits per heavy atom. The van der Waals surface area contributed by atoms with E-state index in [9.17, 15) is 4.79 Å². The van der Waals surface area contributed by atoms with Crippen LogP contribution >= 0.6 is 34.5 Å². The first-order valence-corrected chi connectivity index (χ1v) is 9.43. The van der Waals surface area contributed by atoms with Crippen molar-refractivity contribution in [3.63, 3.8) is 0 Å². The van der Waals surface area contributed by atoms with Gasteiger partial charge in [-0.2, -0.15) is 0 Å². The Bertz CT molecular complexity index is 936. The Hall–Kier alpha value is -1.89. The zero-order valence-electron chi connectivity index (χ0n) is 13.1. The minimum Gasteiger partial charge on any atom is -0.347 e. The zero-order chi connectivity index (χ0) is 17.4. The molecular weight excluding hydrogens is 379 g/mol. The number of carbonyl (C=O) groups is 1. The van der Waals surface area contributed by atoms with Crippen LogP contribution in [0.4, 0.5) is 0 Å². The molecule has 0 radical (unpaired) electrons. The minimum atomic E-state index is 0.0642. The molecule has 0 aliphatic carbocycles. The molecule has 0 unspecified atom stereocenters. The van der Waals surface area contributed by atoms with Crippen molar-refractivity contribution >= 4 is 40.4 Å². The summed E-state index contributed by atoms with van der Waals surface area (Å²) in [6.45, 7) is 1.26. The molecule has 0 bridgehead atoms. The van der Waals surface area contributed by atoms with Gasteiger partial charge >= 0.3 is 0 Å². The van der Waals surface area contributed by atoms with E-state index in [2.05, 4.69) is 15.0 Å². The fraction of sp³-hybridized carbons (Fsp3) is 0.235. The average molecular weight is 393 g/mol.